The molecule has 1 aliphatic heterocycles. The maximum Gasteiger partial charge on any atom is 0.243 e. The second kappa shape index (κ2) is 11.7. The summed E-state index contributed by atoms with van der Waals surface area (Å²) in [5, 5.41) is 3.01. The van der Waals surface area contributed by atoms with Crippen LogP contribution < -0.4 is 15.0 Å². The van der Waals surface area contributed by atoms with E-state index in [-0.39, 0.29) is 10.6 Å². The van der Waals surface area contributed by atoms with Crippen molar-refractivity contribution in [1.82, 2.24) is 4.31 Å². The van der Waals surface area contributed by atoms with Crippen molar-refractivity contribution in [2.24, 2.45) is 0 Å². The number of hydrogen-bond donors (Lipinski definition) is 1. The molecule has 1 fully saturated rings. The Balaban J connectivity index is 1.34. The third kappa shape index (κ3) is 6.84. The number of carbonyl (C=O) groups is 1. The summed E-state index contributed by atoms with van der Waals surface area (Å²) in [7, 11) is -5.85. The van der Waals surface area contributed by atoms with Crippen LogP contribution in [0.5, 0.6) is 5.75 Å². The Morgan fingerprint density at radius 3 is 2.16 bits per heavy atom. The Bertz CT molecular complexity index is 1490. The third-order valence-corrected chi connectivity index (χ3v) is 9.73. The van der Waals surface area contributed by atoms with Gasteiger partial charge in [-0.1, -0.05) is 35.9 Å². The van der Waals surface area contributed by atoms with Crippen molar-refractivity contribution < 1.29 is 26.4 Å². The van der Waals surface area contributed by atoms with Gasteiger partial charge < -0.3 is 15.0 Å². The molecule has 0 unspecified atom stereocenters. The molecule has 4 rings (SSSR count). The van der Waals surface area contributed by atoms with Gasteiger partial charge in [0.2, 0.25) is 15.9 Å². The lowest BCUT2D eigenvalue weighted by atomic mass is 10.2. The van der Waals surface area contributed by atoms with Crippen LogP contribution in [-0.2, 0) is 30.4 Å². The van der Waals surface area contributed by atoms with Crippen LogP contribution in [0.3, 0.4) is 0 Å². The van der Waals surface area contributed by atoms with E-state index in [0.717, 1.165) is 11.4 Å². The van der Waals surface area contributed by atoms with Crippen molar-refractivity contribution in [2.75, 3.05) is 49.3 Å². The number of rotatable bonds is 9. The standard InChI is InChI=1S/C26H28ClN3O6S2/c1-36-25-5-3-2-4-24(25)29-14-16-30(17-15-29)38(34,35)23-12-10-22(11-13-23)28-26(31)19-37(32,33)18-20-6-8-21(27)9-7-20/h2-13H,14-19H2,1H3,(H,28,31). The minimum Gasteiger partial charge on any atom is -0.495 e. The molecule has 0 saturated carbocycles. The monoisotopic (exact) mass is 577 g/mol. The van der Waals surface area contributed by atoms with E-state index in [1.54, 1.807) is 31.4 Å². The molecule has 3 aromatic rings. The predicted molar refractivity (Wildman–Crippen MR) is 148 cm³/mol. The fourth-order valence-electron chi connectivity index (χ4n) is 4.20. The van der Waals surface area contributed by atoms with Gasteiger partial charge in [0.25, 0.3) is 0 Å². The first-order valence-corrected chi connectivity index (χ1v) is 15.4. The van der Waals surface area contributed by atoms with Gasteiger partial charge in [-0.05, 0) is 54.1 Å². The minimum atomic E-state index is -3.74. The quantitative estimate of drug-likeness (QED) is 0.414. The molecular weight excluding hydrogens is 550 g/mol. The summed E-state index contributed by atoms with van der Waals surface area (Å²) in [5.41, 5.74) is 1.75. The Morgan fingerprint density at radius 1 is 0.895 bits per heavy atom. The lowest BCUT2D eigenvalue weighted by Crippen LogP contribution is -2.48. The summed E-state index contributed by atoms with van der Waals surface area (Å²) in [6.45, 7) is 1.64. The number of carbonyl (C=O) groups excluding carboxylic acids is 1. The summed E-state index contributed by atoms with van der Waals surface area (Å²) in [4.78, 5) is 14.5. The van der Waals surface area contributed by atoms with Crippen molar-refractivity contribution in [3.63, 3.8) is 0 Å². The van der Waals surface area contributed by atoms with Crippen molar-refractivity contribution in [3.05, 3.63) is 83.4 Å². The molecule has 12 heteroatoms. The fraction of sp³-hybridized carbons (Fsp3) is 0.269. The van der Waals surface area contributed by atoms with E-state index in [4.69, 9.17) is 16.3 Å². The van der Waals surface area contributed by atoms with Crippen LogP contribution in [0.1, 0.15) is 5.56 Å². The summed E-state index contributed by atoms with van der Waals surface area (Å²) in [5.74, 6) is -0.966. The number of halogens is 1. The van der Waals surface area contributed by atoms with Gasteiger partial charge in [0.15, 0.2) is 9.84 Å². The largest absolute Gasteiger partial charge is 0.495 e. The van der Waals surface area contributed by atoms with Gasteiger partial charge in [-0.3, -0.25) is 4.79 Å². The van der Waals surface area contributed by atoms with Gasteiger partial charge in [0, 0.05) is 36.9 Å². The van der Waals surface area contributed by atoms with Crippen molar-refractivity contribution in [1.29, 1.82) is 0 Å². The van der Waals surface area contributed by atoms with E-state index in [0.29, 0.717) is 42.5 Å². The van der Waals surface area contributed by atoms with Crippen LogP contribution in [0, 0.1) is 0 Å². The molecule has 1 aliphatic rings. The molecule has 9 nitrogen and oxygen atoms in total. The van der Waals surface area contributed by atoms with Gasteiger partial charge in [0.1, 0.15) is 11.5 Å². The summed E-state index contributed by atoms with van der Waals surface area (Å²) in [6.07, 6.45) is 0. The fourth-order valence-corrected chi connectivity index (χ4v) is 7.02. The number of nitrogens with one attached hydrogen (secondary N) is 1. The molecule has 0 bridgehead atoms. The molecule has 202 valence electrons. The molecule has 3 aromatic carbocycles. The SMILES string of the molecule is COc1ccccc1N1CCN(S(=O)(=O)c2ccc(NC(=O)CS(=O)(=O)Cc3ccc(Cl)cc3)cc2)CC1. The normalized spacial score (nSPS) is 14.7. The number of sulfonamides is 1. The van der Waals surface area contributed by atoms with Crippen LogP contribution in [0.4, 0.5) is 11.4 Å². The Labute approximate surface area is 227 Å². The highest BCUT2D eigenvalue weighted by atomic mass is 35.5. The second-order valence-corrected chi connectivity index (χ2v) is 13.2. The number of benzene rings is 3. The maximum absolute atomic E-state index is 13.2. The lowest BCUT2D eigenvalue weighted by Gasteiger charge is -2.35. The zero-order valence-corrected chi connectivity index (χ0v) is 23.1. The molecule has 0 aromatic heterocycles. The Kier molecular flexibility index (Phi) is 8.61. The lowest BCUT2D eigenvalue weighted by molar-refractivity contribution is -0.113. The molecule has 1 heterocycles. The third-order valence-electron chi connectivity index (χ3n) is 6.09. The van der Waals surface area contributed by atoms with E-state index in [1.807, 2.05) is 24.3 Å². The number of para-hydroxylation sites is 2. The molecule has 1 amide bonds. The maximum atomic E-state index is 13.2. The van der Waals surface area contributed by atoms with Crippen LogP contribution in [-0.4, -0.2) is 66.1 Å². The van der Waals surface area contributed by atoms with Crippen molar-refractivity contribution >= 4 is 48.7 Å². The Hall–Kier alpha value is -3.12. The van der Waals surface area contributed by atoms with Crippen molar-refractivity contribution in [3.8, 4) is 5.75 Å². The summed E-state index contributed by atoms with van der Waals surface area (Å²) in [6, 6.07) is 19.7. The molecule has 0 radical (unpaired) electrons. The van der Waals surface area contributed by atoms with Gasteiger partial charge in [-0.25, -0.2) is 16.8 Å². The second-order valence-electron chi connectivity index (χ2n) is 8.79. The Morgan fingerprint density at radius 2 is 1.53 bits per heavy atom. The summed E-state index contributed by atoms with van der Waals surface area (Å²) < 4.78 is 58.0. The van der Waals surface area contributed by atoms with Gasteiger partial charge in [-0.15, -0.1) is 0 Å². The molecule has 0 atom stereocenters. The topological polar surface area (TPSA) is 113 Å². The number of ether oxygens (including phenoxy) is 1. The highest BCUT2D eigenvalue weighted by Crippen LogP contribution is 2.29. The predicted octanol–water partition coefficient (Wildman–Crippen LogP) is 3.41. The number of amides is 1. The first-order chi connectivity index (χ1) is 18.1. The van der Waals surface area contributed by atoms with Crippen molar-refractivity contribution in [2.45, 2.75) is 10.6 Å². The van der Waals surface area contributed by atoms with E-state index < -0.39 is 31.5 Å². The van der Waals surface area contributed by atoms with Gasteiger partial charge >= 0.3 is 0 Å². The van der Waals surface area contributed by atoms with Crippen LogP contribution in [0.2, 0.25) is 5.02 Å². The number of piperazine rings is 1. The number of hydrogen-bond acceptors (Lipinski definition) is 7. The molecule has 0 spiro atoms. The van der Waals surface area contributed by atoms with E-state index in [2.05, 4.69) is 10.2 Å². The summed E-state index contributed by atoms with van der Waals surface area (Å²) >= 11 is 5.82. The van der Waals surface area contributed by atoms with Gasteiger partial charge in [0.05, 0.1) is 23.4 Å². The average Bonchev–Trinajstić information content (AvgIpc) is 2.90. The highest BCUT2D eigenvalue weighted by Gasteiger charge is 2.29. The zero-order valence-electron chi connectivity index (χ0n) is 20.7. The van der Waals surface area contributed by atoms with Gasteiger partial charge in [-0.2, -0.15) is 4.31 Å². The van der Waals surface area contributed by atoms with E-state index in [9.17, 15) is 21.6 Å². The van der Waals surface area contributed by atoms with E-state index in [1.165, 1.54) is 28.6 Å². The number of anilines is 2. The number of nitrogens with zero attached hydrogens (tertiary/aromatic N) is 2. The molecule has 38 heavy (non-hydrogen) atoms. The molecule has 1 saturated heterocycles. The smallest absolute Gasteiger partial charge is 0.243 e. The highest BCUT2D eigenvalue weighted by molar-refractivity contribution is 7.91. The van der Waals surface area contributed by atoms with E-state index >= 15 is 0 Å². The average molecular weight is 578 g/mol. The zero-order chi connectivity index (χ0) is 27.3. The van der Waals surface area contributed by atoms with Crippen LogP contribution in [0.15, 0.2) is 77.7 Å². The minimum absolute atomic E-state index is 0.0941. The number of methoxy groups -OCH3 is 1. The number of sulfone groups is 1. The van der Waals surface area contributed by atoms with Crippen LogP contribution in [0.25, 0.3) is 0 Å². The molecule has 1 N–H and O–H groups in total. The molecular formula is C26H28ClN3O6S2. The molecule has 0 aliphatic carbocycles. The first kappa shape index (κ1) is 27.9. The first-order valence-electron chi connectivity index (χ1n) is 11.8. The van der Waals surface area contributed by atoms with Crippen LogP contribution >= 0.6 is 11.6 Å².